The normalized spacial score (nSPS) is 22.4. The van der Waals surface area contributed by atoms with Crippen LogP contribution in [0.5, 0.6) is 0 Å². The summed E-state index contributed by atoms with van der Waals surface area (Å²) in [6, 6.07) is 8.55. The lowest BCUT2D eigenvalue weighted by molar-refractivity contribution is -0.384. The Morgan fingerprint density at radius 1 is 1.12 bits per heavy atom. The van der Waals surface area contributed by atoms with Crippen molar-refractivity contribution in [2.45, 2.75) is 46.1 Å². The van der Waals surface area contributed by atoms with Gasteiger partial charge in [-0.15, -0.1) is 0 Å². The molecular formula is C24H26N4O5. The molecule has 1 spiro atoms. The first-order valence-corrected chi connectivity index (χ1v) is 10.9. The summed E-state index contributed by atoms with van der Waals surface area (Å²) in [7, 11) is 1.78. The molecule has 2 aromatic rings. The maximum Gasteiger partial charge on any atom is 0.335 e. The van der Waals surface area contributed by atoms with E-state index in [4.69, 9.17) is 0 Å². The second-order valence-corrected chi connectivity index (χ2v) is 8.82. The van der Waals surface area contributed by atoms with E-state index >= 15 is 0 Å². The van der Waals surface area contributed by atoms with Crippen LogP contribution in [-0.2, 0) is 16.0 Å². The summed E-state index contributed by atoms with van der Waals surface area (Å²) >= 11 is 0. The lowest BCUT2D eigenvalue weighted by Crippen LogP contribution is -2.72. The van der Waals surface area contributed by atoms with Crippen molar-refractivity contribution in [3.8, 4) is 0 Å². The number of nitrogens with one attached hydrogen (secondary N) is 1. The zero-order valence-corrected chi connectivity index (χ0v) is 19.0. The Morgan fingerprint density at radius 3 is 2.45 bits per heavy atom. The average molecular weight is 450 g/mol. The van der Waals surface area contributed by atoms with Gasteiger partial charge in [0.2, 0.25) is 5.91 Å². The Labute approximate surface area is 191 Å². The Bertz CT molecular complexity index is 1190. The Kier molecular flexibility index (Phi) is 5.43. The molecule has 4 rings (SSSR count). The summed E-state index contributed by atoms with van der Waals surface area (Å²) in [5, 5.41) is 13.8. The highest BCUT2D eigenvalue weighted by Crippen LogP contribution is 2.47. The molecule has 9 heteroatoms. The number of carbonyl (C=O) groups excluding carboxylic acids is 3. The second kappa shape index (κ2) is 7.99. The van der Waals surface area contributed by atoms with E-state index in [1.807, 2.05) is 24.8 Å². The van der Waals surface area contributed by atoms with Crippen molar-refractivity contribution in [1.82, 2.24) is 5.32 Å². The zero-order valence-electron chi connectivity index (χ0n) is 19.0. The summed E-state index contributed by atoms with van der Waals surface area (Å²) in [6.45, 7) is 5.68. The van der Waals surface area contributed by atoms with Crippen LogP contribution in [0.4, 0.5) is 21.9 Å². The topological polar surface area (TPSA) is 113 Å². The van der Waals surface area contributed by atoms with Crippen LogP contribution in [0, 0.1) is 29.4 Å². The standard InChI is InChI=1S/C24H26N4O5/c1-5-6-20-24(13-16-12-17(28(32)33)8-10-19(16)26(20)4)21(29)25-23(31)27(22(24)30)18-9-7-14(2)11-15(18)3/h7-12,20H,5-6,13H2,1-4H3,(H,25,29,31)/t20-,24+/m0/s1. The number of amides is 4. The van der Waals surface area contributed by atoms with Crippen molar-refractivity contribution in [1.29, 1.82) is 0 Å². The van der Waals surface area contributed by atoms with E-state index < -0.39 is 34.2 Å². The average Bonchev–Trinajstić information content (AvgIpc) is 2.75. The maximum absolute atomic E-state index is 14.1. The third-order valence-corrected chi connectivity index (χ3v) is 6.73. The number of barbiturate groups is 1. The van der Waals surface area contributed by atoms with Gasteiger partial charge in [-0.1, -0.05) is 31.0 Å². The zero-order chi connectivity index (χ0) is 24.1. The largest absolute Gasteiger partial charge is 0.370 e. The van der Waals surface area contributed by atoms with Gasteiger partial charge in [-0.3, -0.25) is 25.0 Å². The van der Waals surface area contributed by atoms with Gasteiger partial charge in [-0.05, 0) is 43.5 Å². The first-order valence-electron chi connectivity index (χ1n) is 10.9. The first kappa shape index (κ1) is 22.4. The van der Waals surface area contributed by atoms with Gasteiger partial charge < -0.3 is 4.90 Å². The van der Waals surface area contributed by atoms with E-state index in [1.165, 1.54) is 12.1 Å². The molecule has 0 aliphatic carbocycles. The van der Waals surface area contributed by atoms with Crippen LogP contribution < -0.4 is 15.1 Å². The van der Waals surface area contributed by atoms with Crippen molar-refractivity contribution >= 4 is 34.9 Å². The van der Waals surface area contributed by atoms with Crippen LogP contribution in [-0.4, -0.2) is 35.9 Å². The summed E-state index contributed by atoms with van der Waals surface area (Å²) in [4.78, 5) is 54.2. The lowest BCUT2D eigenvalue weighted by Gasteiger charge is -2.51. The second-order valence-electron chi connectivity index (χ2n) is 8.82. The molecule has 2 heterocycles. The molecule has 4 amide bonds. The van der Waals surface area contributed by atoms with Gasteiger partial charge >= 0.3 is 6.03 Å². The molecule has 0 saturated carbocycles. The molecule has 2 aliphatic heterocycles. The van der Waals surface area contributed by atoms with Gasteiger partial charge in [0.25, 0.3) is 11.6 Å². The van der Waals surface area contributed by atoms with Crippen molar-refractivity contribution < 1.29 is 19.3 Å². The number of carbonyl (C=O) groups is 3. The van der Waals surface area contributed by atoms with Crippen LogP contribution in [0.3, 0.4) is 0 Å². The van der Waals surface area contributed by atoms with Crippen molar-refractivity contribution in [3.63, 3.8) is 0 Å². The van der Waals surface area contributed by atoms with Crippen LogP contribution in [0.15, 0.2) is 36.4 Å². The summed E-state index contributed by atoms with van der Waals surface area (Å²) < 4.78 is 0. The van der Waals surface area contributed by atoms with E-state index in [0.29, 0.717) is 24.1 Å². The first-order chi connectivity index (χ1) is 15.6. The molecule has 0 unspecified atom stereocenters. The highest BCUT2D eigenvalue weighted by molar-refractivity contribution is 6.31. The number of fused-ring (bicyclic) bond motifs is 1. The minimum absolute atomic E-state index is 0.0294. The van der Waals surface area contributed by atoms with Crippen molar-refractivity contribution in [3.05, 3.63) is 63.2 Å². The molecular weight excluding hydrogens is 424 g/mol. The number of rotatable bonds is 4. The molecule has 1 N–H and O–H groups in total. The van der Waals surface area contributed by atoms with Crippen LogP contribution in [0.1, 0.15) is 36.5 Å². The number of non-ortho nitro benzene ring substituents is 1. The van der Waals surface area contributed by atoms with E-state index in [1.54, 1.807) is 32.2 Å². The monoisotopic (exact) mass is 450 g/mol. The molecule has 2 aromatic carbocycles. The fourth-order valence-electron chi connectivity index (χ4n) is 5.18. The van der Waals surface area contributed by atoms with Crippen molar-refractivity contribution in [2.24, 2.45) is 5.41 Å². The predicted molar refractivity (Wildman–Crippen MR) is 123 cm³/mol. The van der Waals surface area contributed by atoms with Gasteiger partial charge in [0.05, 0.1) is 16.7 Å². The number of urea groups is 1. The number of nitro groups is 1. The summed E-state index contributed by atoms with van der Waals surface area (Å²) in [5.74, 6) is -1.27. The van der Waals surface area contributed by atoms with Crippen LogP contribution in [0.25, 0.3) is 0 Å². The molecule has 0 bridgehead atoms. The smallest absolute Gasteiger partial charge is 0.335 e. The highest BCUT2D eigenvalue weighted by Gasteiger charge is 2.61. The molecule has 1 saturated heterocycles. The fraction of sp³-hybridized carbons (Fsp3) is 0.375. The number of anilines is 2. The van der Waals surface area contributed by atoms with Gasteiger partial charge in [0.15, 0.2) is 5.41 Å². The lowest BCUT2D eigenvalue weighted by atomic mass is 9.67. The number of hydrogen-bond donors (Lipinski definition) is 1. The molecule has 0 radical (unpaired) electrons. The molecule has 0 aromatic heterocycles. The number of hydrogen-bond acceptors (Lipinski definition) is 6. The van der Waals surface area contributed by atoms with Crippen molar-refractivity contribution in [2.75, 3.05) is 16.8 Å². The third kappa shape index (κ3) is 3.35. The SMILES string of the molecule is CCC[C@@H]1N(C)c2ccc([N+](=O)[O-])cc2C[C@]12C(=O)NC(=O)N(c1ccc(C)cc1C)C2=O. The van der Waals surface area contributed by atoms with E-state index in [-0.39, 0.29) is 12.1 Å². The minimum atomic E-state index is -1.60. The quantitative estimate of drug-likeness (QED) is 0.432. The minimum Gasteiger partial charge on any atom is -0.370 e. The fourth-order valence-corrected chi connectivity index (χ4v) is 5.18. The van der Waals surface area contributed by atoms with E-state index in [9.17, 15) is 24.5 Å². The van der Waals surface area contributed by atoms with Gasteiger partial charge in [-0.2, -0.15) is 0 Å². The van der Waals surface area contributed by atoms with Gasteiger partial charge in [-0.25, -0.2) is 9.69 Å². The predicted octanol–water partition coefficient (Wildman–Crippen LogP) is 3.64. The number of benzene rings is 2. The number of nitrogens with zero attached hydrogens (tertiary/aromatic N) is 3. The van der Waals surface area contributed by atoms with Gasteiger partial charge in [0, 0.05) is 31.3 Å². The Balaban J connectivity index is 1.90. The number of nitro benzene ring substituents is 1. The summed E-state index contributed by atoms with van der Waals surface area (Å²) in [6.07, 6.45) is 1.20. The molecule has 172 valence electrons. The summed E-state index contributed by atoms with van der Waals surface area (Å²) in [5.41, 5.74) is 1.68. The number of aryl methyl sites for hydroxylation is 2. The highest BCUT2D eigenvalue weighted by atomic mass is 16.6. The maximum atomic E-state index is 14.1. The van der Waals surface area contributed by atoms with E-state index in [2.05, 4.69) is 5.32 Å². The molecule has 2 atom stereocenters. The molecule has 1 fully saturated rings. The molecule has 2 aliphatic rings. The van der Waals surface area contributed by atoms with Crippen LogP contribution >= 0.6 is 0 Å². The van der Waals surface area contributed by atoms with E-state index in [0.717, 1.165) is 21.7 Å². The Morgan fingerprint density at radius 2 is 1.82 bits per heavy atom. The number of imide groups is 2. The van der Waals surface area contributed by atoms with Crippen LogP contribution in [0.2, 0.25) is 0 Å². The van der Waals surface area contributed by atoms with Gasteiger partial charge in [0.1, 0.15) is 0 Å². The Hall–Kier alpha value is -3.75. The molecule has 9 nitrogen and oxygen atoms in total. The third-order valence-electron chi connectivity index (χ3n) is 6.73. The molecule has 33 heavy (non-hydrogen) atoms.